The molecular weight excluding hydrogens is 449 g/mol. The standard InChI is InChI=1S/C18H17Cl2N7O2S/c1-29-14-8-3-2-7-13(14)23-15(28)10-30-18-26-25-17(27(18)21)24-22-9-11-5-4-6-12(19)16(11)20/h2-9H,10,21H2,1H3,(H,23,28)(H,24,25)/b22-9+. The molecule has 0 aliphatic carbocycles. The summed E-state index contributed by atoms with van der Waals surface area (Å²) in [6.07, 6.45) is 1.48. The maximum Gasteiger partial charge on any atom is 0.264 e. The van der Waals surface area contributed by atoms with E-state index in [9.17, 15) is 4.79 Å². The van der Waals surface area contributed by atoms with Gasteiger partial charge >= 0.3 is 0 Å². The number of nitrogens with one attached hydrogen (secondary N) is 2. The van der Waals surface area contributed by atoms with E-state index in [0.717, 1.165) is 11.8 Å². The predicted molar refractivity (Wildman–Crippen MR) is 120 cm³/mol. The van der Waals surface area contributed by atoms with Crippen LogP contribution in [-0.4, -0.2) is 39.9 Å². The highest BCUT2D eigenvalue weighted by Crippen LogP contribution is 2.25. The summed E-state index contributed by atoms with van der Waals surface area (Å²) in [6, 6.07) is 12.3. The van der Waals surface area contributed by atoms with Gasteiger partial charge in [-0.25, -0.2) is 10.1 Å². The molecule has 0 aliphatic rings. The van der Waals surface area contributed by atoms with E-state index in [1.165, 1.54) is 18.0 Å². The Morgan fingerprint density at radius 2 is 2.07 bits per heavy atom. The zero-order valence-corrected chi connectivity index (χ0v) is 18.0. The molecular formula is C18H17Cl2N7O2S. The van der Waals surface area contributed by atoms with Crippen LogP contribution in [0.4, 0.5) is 11.6 Å². The van der Waals surface area contributed by atoms with Crippen molar-refractivity contribution >= 4 is 58.7 Å². The number of carbonyl (C=O) groups is 1. The summed E-state index contributed by atoms with van der Waals surface area (Å²) in [7, 11) is 1.54. The third-order valence-electron chi connectivity index (χ3n) is 3.73. The molecule has 0 fully saturated rings. The van der Waals surface area contributed by atoms with Gasteiger partial charge in [0.2, 0.25) is 11.1 Å². The van der Waals surface area contributed by atoms with Crippen LogP contribution >= 0.6 is 35.0 Å². The fraction of sp³-hybridized carbons (Fsp3) is 0.111. The minimum absolute atomic E-state index is 0.0781. The van der Waals surface area contributed by atoms with Gasteiger partial charge in [0, 0.05) is 5.56 Å². The van der Waals surface area contributed by atoms with Crippen molar-refractivity contribution in [3.05, 3.63) is 58.1 Å². The number of methoxy groups -OCH3 is 1. The maximum atomic E-state index is 12.2. The number of carbonyl (C=O) groups excluding carboxylic acids is 1. The average molecular weight is 466 g/mol. The van der Waals surface area contributed by atoms with Crippen molar-refractivity contribution in [2.24, 2.45) is 5.10 Å². The fourth-order valence-corrected chi connectivity index (χ4v) is 3.31. The highest BCUT2D eigenvalue weighted by atomic mass is 35.5. The largest absolute Gasteiger partial charge is 0.495 e. The number of nitrogens with two attached hydrogens (primary N) is 1. The Labute approximate surface area is 186 Å². The molecule has 0 saturated heterocycles. The Morgan fingerprint density at radius 3 is 2.87 bits per heavy atom. The first-order valence-corrected chi connectivity index (χ1v) is 10.2. The molecule has 1 aromatic heterocycles. The van der Waals surface area contributed by atoms with Crippen LogP contribution in [-0.2, 0) is 4.79 Å². The number of halogens is 2. The molecule has 0 aliphatic heterocycles. The molecule has 0 saturated carbocycles. The molecule has 0 unspecified atom stereocenters. The molecule has 12 heteroatoms. The summed E-state index contributed by atoms with van der Waals surface area (Å²) >= 11 is 13.2. The molecule has 3 rings (SSSR count). The van der Waals surface area contributed by atoms with Crippen molar-refractivity contribution in [3.8, 4) is 5.75 Å². The molecule has 156 valence electrons. The second kappa shape index (κ2) is 10.2. The number of hydrogen-bond donors (Lipinski definition) is 3. The molecule has 0 radical (unpaired) electrons. The van der Waals surface area contributed by atoms with Crippen molar-refractivity contribution in [1.82, 2.24) is 14.9 Å². The van der Waals surface area contributed by atoms with Crippen LogP contribution < -0.4 is 21.3 Å². The van der Waals surface area contributed by atoms with Crippen LogP contribution in [0.3, 0.4) is 0 Å². The van der Waals surface area contributed by atoms with E-state index in [1.807, 2.05) is 6.07 Å². The van der Waals surface area contributed by atoms with Crippen LogP contribution in [0.1, 0.15) is 5.56 Å². The second-order valence-corrected chi connectivity index (χ2v) is 7.45. The van der Waals surface area contributed by atoms with Gasteiger partial charge in [0.15, 0.2) is 0 Å². The Morgan fingerprint density at radius 1 is 1.27 bits per heavy atom. The average Bonchev–Trinajstić information content (AvgIpc) is 3.09. The summed E-state index contributed by atoms with van der Waals surface area (Å²) < 4.78 is 6.40. The summed E-state index contributed by atoms with van der Waals surface area (Å²) in [6.45, 7) is 0. The van der Waals surface area contributed by atoms with Gasteiger partial charge < -0.3 is 15.9 Å². The monoisotopic (exact) mass is 465 g/mol. The number of anilines is 2. The first kappa shape index (κ1) is 21.8. The lowest BCUT2D eigenvalue weighted by Gasteiger charge is -2.09. The molecule has 1 amide bonds. The molecule has 2 aromatic carbocycles. The van der Waals surface area contributed by atoms with Crippen LogP contribution in [0, 0.1) is 0 Å². The van der Waals surface area contributed by atoms with Gasteiger partial charge in [0.1, 0.15) is 5.75 Å². The van der Waals surface area contributed by atoms with Crippen LogP contribution in [0.5, 0.6) is 5.75 Å². The summed E-state index contributed by atoms with van der Waals surface area (Å²) in [4.78, 5) is 12.2. The molecule has 4 N–H and O–H groups in total. The predicted octanol–water partition coefficient (Wildman–Crippen LogP) is 3.48. The minimum Gasteiger partial charge on any atom is -0.495 e. The van der Waals surface area contributed by atoms with Crippen molar-refractivity contribution < 1.29 is 9.53 Å². The zero-order chi connectivity index (χ0) is 21.5. The lowest BCUT2D eigenvalue weighted by molar-refractivity contribution is -0.113. The molecule has 0 spiro atoms. The van der Waals surface area contributed by atoms with Gasteiger partial charge in [-0.1, -0.05) is 59.2 Å². The molecule has 0 atom stereocenters. The van der Waals surface area contributed by atoms with E-state index in [2.05, 4.69) is 26.0 Å². The molecule has 0 bridgehead atoms. The molecule has 1 heterocycles. The summed E-state index contributed by atoms with van der Waals surface area (Å²) in [5.41, 5.74) is 3.88. The van der Waals surface area contributed by atoms with E-state index in [1.54, 1.807) is 36.4 Å². The number of para-hydroxylation sites is 2. The number of nitrogens with zero attached hydrogens (tertiary/aromatic N) is 4. The number of hydrogen-bond acceptors (Lipinski definition) is 8. The van der Waals surface area contributed by atoms with E-state index >= 15 is 0 Å². The first-order valence-electron chi connectivity index (χ1n) is 8.49. The summed E-state index contributed by atoms with van der Waals surface area (Å²) in [5, 5.41) is 15.8. The fourth-order valence-electron chi connectivity index (χ4n) is 2.30. The smallest absolute Gasteiger partial charge is 0.264 e. The van der Waals surface area contributed by atoms with E-state index in [-0.39, 0.29) is 17.6 Å². The Kier molecular flexibility index (Phi) is 7.39. The Balaban J connectivity index is 1.57. The zero-order valence-electron chi connectivity index (χ0n) is 15.7. The van der Waals surface area contributed by atoms with E-state index < -0.39 is 0 Å². The number of thioether (sulfide) groups is 1. The maximum absolute atomic E-state index is 12.2. The van der Waals surface area contributed by atoms with Crippen LogP contribution in [0.2, 0.25) is 10.0 Å². The normalized spacial score (nSPS) is 10.9. The van der Waals surface area contributed by atoms with Gasteiger partial charge in [-0.3, -0.25) is 4.79 Å². The summed E-state index contributed by atoms with van der Waals surface area (Å²) in [5.74, 6) is 6.56. The lowest BCUT2D eigenvalue weighted by Crippen LogP contribution is -2.17. The first-order chi connectivity index (χ1) is 14.5. The second-order valence-electron chi connectivity index (χ2n) is 5.73. The molecule has 30 heavy (non-hydrogen) atoms. The van der Waals surface area contributed by atoms with E-state index in [0.29, 0.717) is 32.2 Å². The van der Waals surface area contributed by atoms with Crippen LogP contribution in [0.15, 0.2) is 52.7 Å². The van der Waals surface area contributed by atoms with Crippen molar-refractivity contribution in [2.75, 3.05) is 29.4 Å². The SMILES string of the molecule is COc1ccccc1NC(=O)CSc1nnc(N/N=C/c2cccc(Cl)c2Cl)n1N. The van der Waals surface area contributed by atoms with Gasteiger partial charge in [-0.15, -0.1) is 10.2 Å². The third kappa shape index (κ3) is 5.35. The van der Waals surface area contributed by atoms with Gasteiger partial charge in [0.05, 0.1) is 34.8 Å². The third-order valence-corrected chi connectivity index (χ3v) is 5.50. The van der Waals surface area contributed by atoms with Crippen molar-refractivity contribution in [3.63, 3.8) is 0 Å². The number of benzene rings is 2. The number of rotatable bonds is 8. The van der Waals surface area contributed by atoms with Gasteiger partial charge in [-0.05, 0) is 18.2 Å². The Bertz CT molecular complexity index is 1070. The van der Waals surface area contributed by atoms with Crippen molar-refractivity contribution in [1.29, 1.82) is 0 Å². The number of hydrazone groups is 1. The minimum atomic E-state index is -0.240. The number of aromatic nitrogens is 3. The van der Waals surface area contributed by atoms with Crippen molar-refractivity contribution in [2.45, 2.75) is 5.16 Å². The number of nitrogen functional groups attached to an aromatic ring is 1. The highest BCUT2D eigenvalue weighted by Gasteiger charge is 2.13. The number of ether oxygens (including phenoxy) is 1. The highest BCUT2D eigenvalue weighted by molar-refractivity contribution is 7.99. The van der Waals surface area contributed by atoms with Crippen LogP contribution in [0.25, 0.3) is 0 Å². The van der Waals surface area contributed by atoms with E-state index in [4.69, 9.17) is 33.8 Å². The van der Waals surface area contributed by atoms with Gasteiger partial charge in [0.25, 0.3) is 5.95 Å². The number of amides is 1. The molecule has 3 aromatic rings. The molecule has 9 nitrogen and oxygen atoms in total. The quantitative estimate of drug-likeness (QED) is 0.201. The topological polar surface area (TPSA) is 119 Å². The lowest BCUT2D eigenvalue weighted by atomic mass is 10.2. The Hall–Kier alpha value is -2.95. The van der Waals surface area contributed by atoms with Gasteiger partial charge in [-0.2, -0.15) is 5.10 Å².